The Kier molecular flexibility index (Phi) is 11.7. The molecule has 16 heteroatoms. The van der Waals surface area contributed by atoms with E-state index >= 15 is 4.39 Å². The zero-order chi connectivity index (χ0) is 40.5. The first-order valence-corrected chi connectivity index (χ1v) is 19.8. The van der Waals surface area contributed by atoms with E-state index in [1.54, 1.807) is 24.3 Å². The maximum atomic E-state index is 15.1. The van der Waals surface area contributed by atoms with Gasteiger partial charge in [0.05, 0.1) is 17.3 Å². The van der Waals surface area contributed by atoms with Gasteiger partial charge in [-0.25, -0.2) is 8.78 Å². The molecule has 0 radical (unpaired) electrons. The first-order valence-electron chi connectivity index (χ1n) is 19.8. The van der Waals surface area contributed by atoms with Gasteiger partial charge in [-0.2, -0.15) is 0 Å². The predicted octanol–water partition coefficient (Wildman–Crippen LogP) is 1.67. The molecule has 6 atom stereocenters. The number of carbonyl (C=O) groups is 4. The van der Waals surface area contributed by atoms with Crippen LogP contribution in [-0.2, 0) is 9.59 Å². The molecule has 6 aliphatic rings. The Balaban J connectivity index is 0.000000188. The number of amides is 3. The van der Waals surface area contributed by atoms with E-state index < -0.39 is 29.8 Å². The highest BCUT2D eigenvalue weighted by atomic mass is 19.1. The third-order valence-corrected chi connectivity index (χ3v) is 12.3. The maximum Gasteiger partial charge on any atom is 0.255 e. The molecular weight excluding hydrogens is 737 g/mol. The van der Waals surface area contributed by atoms with Crippen molar-refractivity contribution in [2.45, 2.75) is 43.9 Å². The summed E-state index contributed by atoms with van der Waals surface area (Å²) in [6, 6.07) is 8.17. The molecule has 8 rings (SSSR count). The van der Waals surface area contributed by atoms with Crippen LogP contribution in [0.25, 0.3) is 5.70 Å². The van der Waals surface area contributed by atoms with Crippen LogP contribution in [0.4, 0.5) is 14.5 Å². The van der Waals surface area contributed by atoms with Crippen molar-refractivity contribution in [2.24, 2.45) is 29.2 Å². The highest BCUT2D eigenvalue weighted by molar-refractivity contribution is 6.06. The molecule has 1 aliphatic carbocycles. The molecule has 5 unspecified atom stereocenters. The number of rotatable bonds is 8. The van der Waals surface area contributed by atoms with Crippen LogP contribution < -0.4 is 27.0 Å². The zero-order valence-corrected chi connectivity index (χ0v) is 32.5. The third-order valence-electron chi connectivity index (χ3n) is 12.3. The Morgan fingerprint density at radius 1 is 1.04 bits per heavy atom. The number of anilines is 1. The summed E-state index contributed by atoms with van der Waals surface area (Å²) in [5.74, 6) is 0.378. The quantitative estimate of drug-likeness (QED) is 0.193. The van der Waals surface area contributed by atoms with Gasteiger partial charge in [0.1, 0.15) is 29.6 Å². The van der Waals surface area contributed by atoms with Crippen LogP contribution in [-0.4, -0.2) is 140 Å². The van der Waals surface area contributed by atoms with Crippen LogP contribution in [0.3, 0.4) is 0 Å². The largest absolute Gasteiger partial charge is 0.507 e. The number of piperidine rings is 3. The van der Waals surface area contributed by atoms with Crippen molar-refractivity contribution < 1.29 is 33.1 Å². The van der Waals surface area contributed by atoms with Gasteiger partial charge in [-0.15, -0.1) is 0 Å². The Morgan fingerprint density at radius 2 is 1.81 bits per heavy atom. The molecule has 0 aromatic heterocycles. The summed E-state index contributed by atoms with van der Waals surface area (Å²) in [6.45, 7) is 7.46. The van der Waals surface area contributed by atoms with E-state index in [9.17, 15) is 28.7 Å². The second-order valence-electron chi connectivity index (χ2n) is 16.3. The molecule has 3 amide bonds. The fourth-order valence-electron chi connectivity index (χ4n) is 8.88. The van der Waals surface area contributed by atoms with Crippen molar-refractivity contribution in [3.8, 4) is 5.75 Å². The number of nitrogens with one attached hydrogen (secondary N) is 2. The van der Waals surface area contributed by atoms with Gasteiger partial charge < -0.3 is 46.4 Å². The molecule has 2 aromatic rings. The number of likely N-dealkylation sites (N-methyl/N-ethyl adjacent to an activating group) is 2. The normalized spacial score (nSPS) is 27.8. The molecule has 1 saturated carbocycles. The lowest BCUT2D eigenvalue weighted by molar-refractivity contribution is -0.136. The van der Waals surface area contributed by atoms with Crippen LogP contribution >= 0.6 is 0 Å². The molecule has 306 valence electrons. The number of benzene rings is 2. The van der Waals surface area contributed by atoms with Crippen LogP contribution in [0, 0.1) is 23.6 Å². The van der Waals surface area contributed by atoms with Crippen LogP contribution in [0.1, 0.15) is 52.0 Å². The number of fused-ring (bicyclic) bond motifs is 2. The monoisotopic (exact) mass is 789 g/mol. The van der Waals surface area contributed by atoms with Crippen molar-refractivity contribution in [3.63, 3.8) is 0 Å². The lowest BCUT2D eigenvalue weighted by Crippen LogP contribution is -2.58. The first-order chi connectivity index (χ1) is 27.3. The number of allylic oxidation sites excluding steroid dienone is 1. The summed E-state index contributed by atoms with van der Waals surface area (Å²) >= 11 is 0. The van der Waals surface area contributed by atoms with Gasteiger partial charge in [0, 0.05) is 101 Å². The number of nitrogens with zero attached hydrogens (tertiary/aromatic N) is 5. The van der Waals surface area contributed by atoms with E-state index in [4.69, 9.17) is 11.5 Å². The molecule has 5 aliphatic heterocycles. The summed E-state index contributed by atoms with van der Waals surface area (Å²) in [7, 11) is 3.59. The van der Waals surface area contributed by atoms with Gasteiger partial charge in [-0.3, -0.25) is 24.5 Å². The number of carbonyl (C=O) groups excluding carboxylic acids is 4. The third kappa shape index (κ3) is 8.86. The Bertz CT molecular complexity index is 1950. The summed E-state index contributed by atoms with van der Waals surface area (Å²) in [4.78, 5) is 58.6. The number of imide groups is 1. The molecule has 5 fully saturated rings. The predicted molar refractivity (Wildman–Crippen MR) is 211 cm³/mol. The van der Waals surface area contributed by atoms with Crippen LogP contribution in [0.2, 0.25) is 0 Å². The van der Waals surface area contributed by atoms with Gasteiger partial charge in [0.15, 0.2) is 6.29 Å². The lowest BCUT2D eigenvalue weighted by atomic mass is 9.93. The van der Waals surface area contributed by atoms with E-state index in [1.807, 2.05) is 4.90 Å². The van der Waals surface area contributed by atoms with Crippen molar-refractivity contribution in [2.75, 3.05) is 77.9 Å². The minimum absolute atomic E-state index is 0.0164. The number of halogens is 2. The van der Waals surface area contributed by atoms with Crippen molar-refractivity contribution in [1.82, 2.24) is 30.2 Å². The van der Waals surface area contributed by atoms with Crippen LogP contribution in [0.5, 0.6) is 5.75 Å². The fraction of sp³-hybridized carbons (Fsp3) is 0.512. The highest BCUT2D eigenvalue weighted by Crippen LogP contribution is 2.45. The van der Waals surface area contributed by atoms with E-state index in [0.29, 0.717) is 30.4 Å². The number of nitrogens with two attached hydrogens (primary N) is 2. The molecule has 0 spiro atoms. The molecule has 0 bridgehead atoms. The average Bonchev–Trinajstić information content (AvgIpc) is 3.81. The molecule has 5 heterocycles. The van der Waals surface area contributed by atoms with E-state index in [-0.39, 0.29) is 59.3 Å². The molecule has 14 nitrogen and oxygen atoms in total. The smallest absolute Gasteiger partial charge is 0.255 e. The van der Waals surface area contributed by atoms with Gasteiger partial charge in [-0.05, 0) is 80.6 Å². The first kappa shape index (κ1) is 40.0. The minimum Gasteiger partial charge on any atom is -0.507 e. The van der Waals surface area contributed by atoms with Gasteiger partial charge in [0.25, 0.3) is 5.91 Å². The molecule has 4 saturated heterocycles. The topological polar surface area (TPSA) is 181 Å². The Hall–Kier alpha value is -5.22. The molecule has 2 aromatic carbocycles. The SMILES string of the molecule is CN(C(=O)c1cc(N2CC[C@H](CN3CC4CC4C3)C(F)C2)ccc1C=O)C1CCC(=O)NC1=O.CN1CCN2C(/C=C(\N)c3cc(F)ccc3O)=C(N)NCC2C1. The Morgan fingerprint density at radius 3 is 2.53 bits per heavy atom. The van der Waals surface area contributed by atoms with Crippen molar-refractivity contribution in [1.29, 1.82) is 0 Å². The second kappa shape index (κ2) is 16.7. The summed E-state index contributed by atoms with van der Waals surface area (Å²) in [5.41, 5.74) is 14.6. The molecular formula is C41H53F2N9O5. The Labute approximate surface area is 331 Å². The maximum absolute atomic E-state index is 15.1. The second-order valence-corrected chi connectivity index (χ2v) is 16.3. The number of likely N-dealkylation sites (tertiary alicyclic amines) is 1. The average molecular weight is 790 g/mol. The van der Waals surface area contributed by atoms with Gasteiger partial charge >= 0.3 is 0 Å². The molecule has 57 heavy (non-hydrogen) atoms. The minimum atomic E-state index is -0.957. The summed E-state index contributed by atoms with van der Waals surface area (Å²) in [5, 5.41) is 15.3. The number of alkyl halides is 1. The van der Waals surface area contributed by atoms with Gasteiger partial charge in [-0.1, -0.05) is 0 Å². The number of phenolic OH excluding ortho intramolecular Hbond substituents is 1. The van der Waals surface area contributed by atoms with Crippen molar-refractivity contribution in [3.05, 3.63) is 76.5 Å². The number of hydrogen-bond donors (Lipinski definition) is 5. The summed E-state index contributed by atoms with van der Waals surface area (Å²) < 4.78 is 28.5. The van der Waals surface area contributed by atoms with Crippen LogP contribution in [0.15, 0.2) is 54.0 Å². The number of aromatic hydroxyl groups is 1. The number of phenols is 1. The standard InChI is InChI=1S/C25H31FN4O4.C16H22FN5O/c1-28(22-4-5-23(32)27-24(22)33)25(34)20-9-19(3-2-16(20)14-31)30-7-6-15(21(26)13-30)10-29-11-17-8-18(17)12-29;1-21-4-5-22-11(9-21)8-20-16(19)14(22)7-13(18)12-6-10(17)2-3-15(12)23/h2-3,9,14-15,17-18,21-22H,4-8,10-13H2,1H3,(H,27,32,33);2-3,6-7,11,20,23H,4-5,8-9,18-19H2,1H3/b;13-7-/t15-,17?,18?,21?,22?;/m1./s1. The lowest BCUT2D eigenvalue weighted by Gasteiger charge is -2.45. The number of hydrogen-bond acceptors (Lipinski definition) is 12. The number of aldehydes is 1. The van der Waals surface area contributed by atoms with Gasteiger partial charge in [0.2, 0.25) is 11.8 Å². The summed E-state index contributed by atoms with van der Waals surface area (Å²) in [6.07, 6.45) is 3.82. The highest BCUT2D eigenvalue weighted by Gasteiger charge is 2.46. The van der Waals surface area contributed by atoms with E-state index in [1.165, 1.54) is 36.6 Å². The van der Waals surface area contributed by atoms with E-state index in [0.717, 1.165) is 69.8 Å². The van der Waals surface area contributed by atoms with E-state index in [2.05, 4.69) is 32.4 Å². The zero-order valence-electron chi connectivity index (χ0n) is 32.5. The number of piperazine rings is 1. The van der Waals surface area contributed by atoms with Crippen molar-refractivity contribution >= 4 is 35.4 Å². The fourth-order valence-corrected chi connectivity index (χ4v) is 8.88. The molecule has 7 N–H and O–H groups in total.